The SMILES string of the molecule is Cc1cn2cc(C3=CC(=O)N4C=C(N5CC(C)NC(C)C5)C=CC4=CCC3C)cc2c(C)n1. The van der Waals surface area contributed by atoms with Crippen LogP contribution in [0.25, 0.3) is 11.1 Å². The van der Waals surface area contributed by atoms with Crippen LogP contribution >= 0.6 is 0 Å². The lowest BCUT2D eigenvalue weighted by molar-refractivity contribution is -0.122. The van der Waals surface area contributed by atoms with Crippen molar-refractivity contribution >= 4 is 17.0 Å². The van der Waals surface area contributed by atoms with Crippen LogP contribution in [0.3, 0.4) is 0 Å². The molecule has 3 aliphatic rings. The van der Waals surface area contributed by atoms with Gasteiger partial charge in [-0.1, -0.05) is 13.0 Å². The fraction of sp³-hybridized carbons (Fsp3) is 0.407. The van der Waals surface area contributed by atoms with Crippen LogP contribution < -0.4 is 5.32 Å². The van der Waals surface area contributed by atoms with E-state index in [-0.39, 0.29) is 11.8 Å². The third kappa shape index (κ3) is 4.15. The molecule has 5 rings (SSSR count). The molecule has 0 aliphatic carbocycles. The Balaban J connectivity index is 1.49. The van der Waals surface area contributed by atoms with E-state index in [1.54, 1.807) is 0 Å². The lowest BCUT2D eigenvalue weighted by Crippen LogP contribution is -2.53. The van der Waals surface area contributed by atoms with Crippen LogP contribution in [0.2, 0.25) is 0 Å². The average molecular weight is 444 g/mol. The highest BCUT2D eigenvalue weighted by Gasteiger charge is 2.27. The number of nitrogens with zero attached hydrogens (tertiary/aromatic N) is 4. The summed E-state index contributed by atoms with van der Waals surface area (Å²) in [5.41, 5.74) is 7.28. The van der Waals surface area contributed by atoms with Crippen molar-refractivity contribution in [2.75, 3.05) is 13.1 Å². The lowest BCUT2D eigenvalue weighted by atomic mass is 9.90. The van der Waals surface area contributed by atoms with Gasteiger partial charge in [0.2, 0.25) is 0 Å². The fourth-order valence-electron chi connectivity index (χ4n) is 5.31. The van der Waals surface area contributed by atoms with Gasteiger partial charge in [0.25, 0.3) is 5.91 Å². The van der Waals surface area contributed by atoms with Gasteiger partial charge in [-0.05, 0) is 69.4 Å². The quantitative estimate of drug-likeness (QED) is 0.757. The van der Waals surface area contributed by atoms with Gasteiger partial charge < -0.3 is 14.6 Å². The van der Waals surface area contributed by atoms with Crippen molar-refractivity contribution in [3.8, 4) is 0 Å². The summed E-state index contributed by atoms with van der Waals surface area (Å²) < 4.78 is 2.12. The first-order valence-electron chi connectivity index (χ1n) is 11.9. The number of nitrogens with one attached hydrogen (secondary N) is 1. The Morgan fingerprint density at radius 2 is 1.76 bits per heavy atom. The van der Waals surface area contributed by atoms with Gasteiger partial charge in [-0.2, -0.15) is 0 Å². The molecular formula is C27H33N5O. The standard InChI is InChI=1S/C27H33N5O/c1-17-6-7-23-8-9-24(30-12-18(2)28-19(3)13-30)16-32(23)27(33)11-25(17)22-10-26-21(5)29-20(4)14-31(26)15-22/h7-11,14-19,28H,6,12-13H2,1-5H3. The molecule has 0 saturated carbocycles. The summed E-state index contributed by atoms with van der Waals surface area (Å²) in [4.78, 5) is 22.3. The van der Waals surface area contributed by atoms with E-state index in [9.17, 15) is 4.79 Å². The Bertz CT molecular complexity index is 1220. The summed E-state index contributed by atoms with van der Waals surface area (Å²) in [6, 6.07) is 2.99. The van der Waals surface area contributed by atoms with Crippen LogP contribution in [-0.4, -0.2) is 50.3 Å². The molecular weight excluding hydrogens is 410 g/mol. The van der Waals surface area contributed by atoms with E-state index in [4.69, 9.17) is 0 Å². The molecule has 6 nitrogen and oxygen atoms in total. The summed E-state index contributed by atoms with van der Waals surface area (Å²) in [5.74, 6) is 0.242. The largest absolute Gasteiger partial charge is 0.367 e. The van der Waals surface area contributed by atoms with Crippen LogP contribution in [0.4, 0.5) is 0 Å². The third-order valence-electron chi connectivity index (χ3n) is 6.84. The van der Waals surface area contributed by atoms with Gasteiger partial charge in [0.15, 0.2) is 0 Å². The minimum absolute atomic E-state index is 0.00200. The van der Waals surface area contributed by atoms with Crippen molar-refractivity contribution in [3.05, 3.63) is 77.3 Å². The Morgan fingerprint density at radius 3 is 2.52 bits per heavy atom. The van der Waals surface area contributed by atoms with E-state index < -0.39 is 0 Å². The molecule has 0 bridgehead atoms. The van der Waals surface area contributed by atoms with Gasteiger partial charge in [-0.15, -0.1) is 0 Å². The third-order valence-corrected chi connectivity index (χ3v) is 6.84. The van der Waals surface area contributed by atoms with Gasteiger partial charge >= 0.3 is 0 Å². The summed E-state index contributed by atoms with van der Waals surface area (Å²) in [6.45, 7) is 12.5. The zero-order valence-electron chi connectivity index (χ0n) is 20.2. The van der Waals surface area contributed by atoms with Crippen LogP contribution in [0.15, 0.2) is 60.4 Å². The normalized spacial score (nSPS) is 25.9. The number of hydrogen-bond donors (Lipinski definition) is 1. The minimum atomic E-state index is 0.00200. The van der Waals surface area contributed by atoms with Gasteiger partial charge in [0.05, 0.1) is 22.6 Å². The first-order chi connectivity index (χ1) is 15.8. The Labute approximate surface area is 196 Å². The molecule has 5 heterocycles. The monoisotopic (exact) mass is 443 g/mol. The van der Waals surface area contributed by atoms with Gasteiger partial charge in [-0.3, -0.25) is 14.7 Å². The topological polar surface area (TPSA) is 52.9 Å². The van der Waals surface area contributed by atoms with Crippen molar-refractivity contribution in [3.63, 3.8) is 0 Å². The van der Waals surface area contributed by atoms with Gasteiger partial charge in [-0.25, -0.2) is 0 Å². The van der Waals surface area contributed by atoms with Crippen LogP contribution in [0.5, 0.6) is 0 Å². The fourth-order valence-corrected chi connectivity index (χ4v) is 5.31. The second-order valence-electron chi connectivity index (χ2n) is 9.82. The van der Waals surface area contributed by atoms with Crippen LogP contribution in [0, 0.1) is 19.8 Å². The smallest absolute Gasteiger partial charge is 0.255 e. The van der Waals surface area contributed by atoms with Gasteiger partial charge in [0.1, 0.15) is 0 Å². The van der Waals surface area contributed by atoms with Crippen LogP contribution in [-0.2, 0) is 4.79 Å². The van der Waals surface area contributed by atoms with Crippen molar-refractivity contribution < 1.29 is 4.79 Å². The maximum Gasteiger partial charge on any atom is 0.255 e. The molecule has 3 aliphatic heterocycles. The van der Waals surface area contributed by atoms with E-state index in [2.05, 4.69) is 70.9 Å². The summed E-state index contributed by atoms with van der Waals surface area (Å²) >= 11 is 0. The van der Waals surface area contributed by atoms with E-state index in [0.717, 1.165) is 58.9 Å². The number of rotatable bonds is 2. The number of allylic oxidation sites excluding steroid dienone is 4. The lowest BCUT2D eigenvalue weighted by Gasteiger charge is -2.39. The van der Waals surface area contributed by atoms with Gasteiger partial charge in [0, 0.05) is 55.5 Å². The second-order valence-corrected chi connectivity index (χ2v) is 9.82. The van der Waals surface area contributed by atoms with E-state index >= 15 is 0 Å². The molecule has 6 heteroatoms. The zero-order valence-corrected chi connectivity index (χ0v) is 20.2. The van der Waals surface area contributed by atoms with Crippen molar-refractivity contribution in [1.29, 1.82) is 0 Å². The first-order valence-corrected chi connectivity index (χ1v) is 11.9. The molecule has 1 saturated heterocycles. The molecule has 3 unspecified atom stereocenters. The zero-order chi connectivity index (χ0) is 23.3. The maximum atomic E-state index is 13.5. The number of carbonyl (C=O) groups excluding carboxylic acids is 1. The van der Waals surface area contributed by atoms with E-state index in [1.165, 1.54) is 0 Å². The van der Waals surface area contributed by atoms with Crippen LogP contribution in [0.1, 0.15) is 44.1 Å². The molecule has 2 aromatic heterocycles. The number of piperazine rings is 1. The molecule has 1 fully saturated rings. The summed E-state index contributed by atoms with van der Waals surface area (Å²) in [5, 5.41) is 3.58. The molecule has 0 radical (unpaired) electrons. The van der Waals surface area contributed by atoms with E-state index in [0.29, 0.717) is 12.1 Å². The number of amides is 1. The highest BCUT2D eigenvalue weighted by molar-refractivity contribution is 5.98. The Kier molecular flexibility index (Phi) is 5.49. The van der Waals surface area contributed by atoms with Crippen molar-refractivity contribution in [1.82, 2.24) is 24.5 Å². The van der Waals surface area contributed by atoms with E-state index in [1.807, 2.05) is 37.2 Å². The molecule has 0 spiro atoms. The predicted molar refractivity (Wildman–Crippen MR) is 132 cm³/mol. The molecule has 0 aromatic carbocycles. The molecule has 1 N–H and O–H groups in total. The summed E-state index contributed by atoms with van der Waals surface area (Å²) in [6.07, 6.45) is 15.3. The Morgan fingerprint density at radius 1 is 1.03 bits per heavy atom. The molecule has 33 heavy (non-hydrogen) atoms. The predicted octanol–water partition coefficient (Wildman–Crippen LogP) is 4.18. The molecule has 2 aromatic rings. The second kappa shape index (κ2) is 8.34. The highest BCUT2D eigenvalue weighted by atomic mass is 16.2. The number of hydrogen-bond acceptors (Lipinski definition) is 4. The number of carbonyl (C=O) groups is 1. The van der Waals surface area contributed by atoms with Crippen molar-refractivity contribution in [2.24, 2.45) is 5.92 Å². The number of aromatic nitrogens is 2. The number of aryl methyl sites for hydroxylation is 2. The molecule has 3 atom stereocenters. The number of fused-ring (bicyclic) bond motifs is 2. The first kappa shape index (κ1) is 21.7. The average Bonchev–Trinajstić information content (AvgIpc) is 3.18. The minimum Gasteiger partial charge on any atom is -0.367 e. The Hall–Kier alpha value is -3.12. The molecule has 1 amide bonds. The summed E-state index contributed by atoms with van der Waals surface area (Å²) in [7, 11) is 0. The highest BCUT2D eigenvalue weighted by Crippen LogP contribution is 2.33. The molecule has 172 valence electrons. The maximum absolute atomic E-state index is 13.5. The van der Waals surface area contributed by atoms with Crippen molar-refractivity contribution in [2.45, 2.75) is 53.1 Å².